The normalized spacial score (nSPS) is 19.6. The van der Waals surface area contributed by atoms with Crippen LogP contribution in [-0.2, 0) is 4.74 Å². The molecule has 2 aromatic rings. The number of ether oxygens (including phenoxy) is 2. The van der Waals surface area contributed by atoms with Crippen LogP contribution in [0.25, 0.3) is 10.8 Å². The molecule has 4 nitrogen and oxygen atoms in total. The maximum Gasteiger partial charge on any atom is 0.127 e. The number of benzene rings is 2. The minimum Gasteiger partial charge on any atom is -0.490 e. The SMILES string of the molecule is CC1(C)CN(CC(O)COc2cccc3ccccc23)CCO1. The molecule has 1 saturated heterocycles. The summed E-state index contributed by atoms with van der Waals surface area (Å²) in [7, 11) is 0. The van der Waals surface area contributed by atoms with Gasteiger partial charge in [-0.3, -0.25) is 4.90 Å². The van der Waals surface area contributed by atoms with Gasteiger partial charge < -0.3 is 14.6 Å². The molecule has 124 valence electrons. The van der Waals surface area contributed by atoms with E-state index in [1.54, 1.807) is 0 Å². The van der Waals surface area contributed by atoms with E-state index < -0.39 is 6.10 Å². The number of aliphatic hydroxyl groups is 1. The molecule has 23 heavy (non-hydrogen) atoms. The molecule has 1 aliphatic rings. The second-order valence-electron chi connectivity index (χ2n) is 6.79. The average molecular weight is 315 g/mol. The quantitative estimate of drug-likeness (QED) is 0.921. The van der Waals surface area contributed by atoms with Crippen molar-refractivity contribution in [2.45, 2.75) is 25.6 Å². The van der Waals surface area contributed by atoms with Gasteiger partial charge in [0.2, 0.25) is 0 Å². The second-order valence-corrected chi connectivity index (χ2v) is 6.79. The molecule has 0 aromatic heterocycles. The van der Waals surface area contributed by atoms with Gasteiger partial charge in [-0.2, -0.15) is 0 Å². The molecule has 1 unspecified atom stereocenters. The Morgan fingerprint density at radius 1 is 1.22 bits per heavy atom. The van der Waals surface area contributed by atoms with E-state index in [0.717, 1.165) is 29.6 Å². The molecule has 2 aromatic carbocycles. The van der Waals surface area contributed by atoms with E-state index in [1.807, 2.05) is 30.3 Å². The minimum absolute atomic E-state index is 0.144. The monoisotopic (exact) mass is 315 g/mol. The fourth-order valence-electron chi connectivity index (χ4n) is 3.13. The number of aliphatic hydroxyl groups excluding tert-OH is 1. The van der Waals surface area contributed by atoms with Crippen LogP contribution in [0.5, 0.6) is 5.75 Å². The maximum atomic E-state index is 10.3. The highest BCUT2D eigenvalue weighted by Gasteiger charge is 2.28. The lowest BCUT2D eigenvalue weighted by molar-refractivity contribution is -0.0947. The molecule has 1 N–H and O–H groups in total. The Morgan fingerprint density at radius 3 is 2.83 bits per heavy atom. The van der Waals surface area contributed by atoms with Crippen LogP contribution in [-0.4, -0.2) is 54.6 Å². The lowest BCUT2D eigenvalue weighted by atomic mass is 10.1. The Hall–Kier alpha value is -1.62. The van der Waals surface area contributed by atoms with E-state index in [-0.39, 0.29) is 5.60 Å². The Balaban J connectivity index is 1.57. The van der Waals surface area contributed by atoms with Gasteiger partial charge >= 0.3 is 0 Å². The van der Waals surface area contributed by atoms with E-state index in [1.165, 1.54) is 0 Å². The number of rotatable bonds is 5. The maximum absolute atomic E-state index is 10.3. The zero-order valence-electron chi connectivity index (χ0n) is 13.9. The molecule has 1 atom stereocenters. The van der Waals surface area contributed by atoms with Crippen LogP contribution in [0, 0.1) is 0 Å². The molecule has 0 radical (unpaired) electrons. The van der Waals surface area contributed by atoms with Gasteiger partial charge in [-0.1, -0.05) is 36.4 Å². The van der Waals surface area contributed by atoms with E-state index >= 15 is 0 Å². The van der Waals surface area contributed by atoms with Crippen molar-refractivity contribution in [2.75, 3.05) is 32.8 Å². The molecule has 1 aliphatic heterocycles. The molecular formula is C19H25NO3. The smallest absolute Gasteiger partial charge is 0.127 e. The van der Waals surface area contributed by atoms with Gasteiger partial charge in [0, 0.05) is 25.0 Å². The topological polar surface area (TPSA) is 41.9 Å². The number of fused-ring (bicyclic) bond motifs is 1. The average Bonchev–Trinajstić information content (AvgIpc) is 2.52. The van der Waals surface area contributed by atoms with Crippen molar-refractivity contribution in [1.82, 2.24) is 4.90 Å². The molecule has 0 aliphatic carbocycles. The van der Waals surface area contributed by atoms with Gasteiger partial charge in [0.15, 0.2) is 0 Å². The van der Waals surface area contributed by atoms with Gasteiger partial charge in [0.25, 0.3) is 0 Å². The van der Waals surface area contributed by atoms with Crippen molar-refractivity contribution in [1.29, 1.82) is 0 Å². The first-order valence-corrected chi connectivity index (χ1v) is 8.18. The van der Waals surface area contributed by atoms with Crippen molar-refractivity contribution in [3.8, 4) is 5.75 Å². The summed E-state index contributed by atoms with van der Waals surface area (Å²) < 4.78 is 11.6. The van der Waals surface area contributed by atoms with Gasteiger partial charge in [-0.25, -0.2) is 0 Å². The van der Waals surface area contributed by atoms with Crippen LogP contribution in [0.4, 0.5) is 0 Å². The van der Waals surface area contributed by atoms with Gasteiger partial charge in [-0.05, 0) is 25.3 Å². The number of β-amino-alcohol motifs (C(OH)–C–C–N with tert-alkyl or cyclic N) is 1. The molecule has 0 bridgehead atoms. The molecule has 1 heterocycles. The summed E-state index contributed by atoms with van der Waals surface area (Å²) in [5.41, 5.74) is -0.144. The van der Waals surface area contributed by atoms with Crippen molar-refractivity contribution in [2.24, 2.45) is 0 Å². The van der Waals surface area contributed by atoms with E-state index in [0.29, 0.717) is 19.8 Å². The highest BCUT2D eigenvalue weighted by molar-refractivity contribution is 5.88. The largest absolute Gasteiger partial charge is 0.490 e. The van der Waals surface area contributed by atoms with Crippen LogP contribution in [0.15, 0.2) is 42.5 Å². The summed E-state index contributed by atoms with van der Waals surface area (Å²) in [5, 5.41) is 12.5. The molecule has 0 amide bonds. The molecule has 1 fully saturated rings. The molecule has 4 heteroatoms. The van der Waals surface area contributed by atoms with Crippen molar-refractivity contribution in [3.05, 3.63) is 42.5 Å². The standard InChI is InChI=1S/C19H25NO3/c1-19(2)14-20(10-11-23-19)12-16(21)13-22-18-9-5-7-15-6-3-4-8-17(15)18/h3-9,16,21H,10-14H2,1-2H3. The second kappa shape index (κ2) is 6.87. The summed E-state index contributed by atoms with van der Waals surface area (Å²) in [6.07, 6.45) is -0.511. The Labute approximate surface area is 137 Å². The Bertz CT molecular complexity index is 651. The Morgan fingerprint density at radius 2 is 2.00 bits per heavy atom. The minimum atomic E-state index is -0.511. The zero-order valence-corrected chi connectivity index (χ0v) is 13.9. The van der Waals surface area contributed by atoms with E-state index in [9.17, 15) is 5.11 Å². The number of hydrogen-bond acceptors (Lipinski definition) is 4. The highest BCUT2D eigenvalue weighted by atomic mass is 16.5. The fourth-order valence-corrected chi connectivity index (χ4v) is 3.13. The van der Waals surface area contributed by atoms with Crippen LogP contribution >= 0.6 is 0 Å². The third-order valence-corrected chi connectivity index (χ3v) is 4.15. The summed E-state index contributed by atoms with van der Waals surface area (Å²) >= 11 is 0. The van der Waals surface area contributed by atoms with Crippen molar-refractivity contribution in [3.63, 3.8) is 0 Å². The van der Waals surface area contributed by atoms with Crippen molar-refractivity contribution >= 4 is 10.8 Å². The highest BCUT2D eigenvalue weighted by Crippen LogP contribution is 2.25. The fraction of sp³-hybridized carbons (Fsp3) is 0.474. The molecule has 0 saturated carbocycles. The lowest BCUT2D eigenvalue weighted by Gasteiger charge is -2.38. The predicted octanol–water partition coefficient (Wildman–Crippen LogP) is 2.69. The van der Waals surface area contributed by atoms with Gasteiger partial charge in [0.1, 0.15) is 18.5 Å². The molecule has 0 spiro atoms. The van der Waals surface area contributed by atoms with Crippen LogP contribution in [0.3, 0.4) is 0 Å². The first-order chi connectivity index (χ1) is 11.0. The van der Waals surface area contributed by atoms with E-state index in [4.69, 9.17) is 9.47 Å². The van der Waals surface area contributed by atoms with Crippen LogP contribution in [0.1, 0.15) is 13.8 Å². The summed E-state index contributed by atoms with van der Waals surface area (Å²) in [5.74, 6) is 0.824. The number of hydrogen-bond donors (Lipinski definition) is 1. The lowest BCUT2D eigenvalue weighted by Crippen LogP contribution is -2.50. The Kier molecular flexibility index (Phi) is 4.85. The van der Waals surface area contributed by atoms with Crippen molar-refractivity contribution < 1.29 is 14.6 Å². The third-order valence-electron chi connectivity index (χ3n) is 4.15. The number of morpholine rings is 1. The third kappa shape index (κ3) is 4.22. The first-order valence-electron chi connectivity index (χ1n) is 8.18. The summed E-state index contributed by atoms with van der Waals surface area (Å²) in [4.78, 5) is 2.24. The predicted molar refractivity (Wildman–Crippen MR) is 91.9 cm³/mol. The number of nitrogens with zero attached hydrogens (tertiary/aromatic N) is 1. The molecular weight excluding hydrogens is 290 g/mol. The van der Waals surface area contributed by atoms with Gasteiger partial charge in [0.05, 0.1) is 12.2 Å². The van der Waals surface area contributed by atoms with E-state index in [2.05, 4.69) is 30.9 Å². The summed E-state index contributed by atoms with van der Waals surface area (Å²) in [6, 6.07) is 14.1. The summed E-state index contributed by atoms with van der Waals surface area (Å²) in [6.45, 7) is 7.47. The van der Waals surface area contributed by atoms with Crippen LogP contribution in [0.2, 0.25) is 0 Å². The zero-order chi connectivity index (χ0) is 16.3. The first kappa shape index (κ1) is 16.2. The molecule has 3 rings (SSSR count). The van der Waals surface area contributed by atoms with Crippen LogP contribution < -0.4 is 4.74 Å². The van der Waals surface area contributed by atoms with Gasteiger partial charge in [-0.15, -0.1) is 0 Å².